The molecule has 0 aromatic carbocycles. The molecule has 12 aliphatic carbocycles. The first kappa shape index (κ1) is 7.84. The maximum atomic E-state index is 2.23. The summed E-state index contributed by atoms with van der Waals surface area (Å²) in [5.41, 5.74) is 4.46. The van der Waals surface area contributed by atoms with Gasteiger partial charge in [-0.1, -0.05) is 11.1 Å². The first-order chi connectivity index (χ1) is 10.0. The molecular weight excluding hydrogens is 240 g/mol. The second kappa shape index (κ2) is 1.65. The van der Waals surface area contributed by atoms with E-state index in [2.05, 4.69) is 11.1 Å². The predicted molar refractivity (Wildman–Crippen MR) is 69.8 cm³/mol. The van der Waals surface area contributed by atoms with Crippen molar-refractivity contribution >= 4 is 0 Å². The largest absolute Gasteiger partial charge is 0.0630 e. The molecule has 0 radical (unpaired) electrons. The van der Waals surface area contributed by atoms with Crippen molar-refractivity contribution in [2.75, 3.05) is 0 Å². The van der Waals surface area contributed by atoms with E-state index >= 15 is 0 Å². The third kappa shape index (κ3) is 0.347. The molecule has 0 aromatic heterocycles. The zero-order valence-corrected chi connectivity index (χ0v) is 11.4. The van der Waals surface area contributed by atoms with Crippen LogP contribution >= 0.6 is 0 Å². The number of hydrogen-bond acceptors (Lipinski definition) is 0. The molecule has 12 aliphatic rings. The predicted octanol–water partition coefficient (Wildman–Crippen LogP) is 2.52. The van der Waals surface area contributed by atoms with Crippen LogP contribution < -0.4 is 0 Å². The zero-order chi connectivity index (χ0) is 11.5. The first-order valence-electron chi connectivity index (χ1n) is 9.74. The number of hydrogen-bond donors (Lipinski definition) is 0. The van der Waals surface area contributed by atoms with E-state index in [0.717, 1.165) is 0 Å². The normalized spacial score (nSPS) is 101. The van der Waals surface area contributed by atoms with Crippen LogP contribution in [-0.2, 0) is 0 Å². The van der Waals surface area contributed by atoms with Gasteiger partial charge in [-0.25, -0.2) is 0 Å². The van der Waals surface area contributed by atoms with Crippen LogP contribution in [0.15, 0.2) is 11.1 Å². The van der Waals surface area contributed by atoms with Crippen molar-refractivity contribution in [1.29, 1.82) is 0 Å². The van der Waals surface area contributed by atoms with Crippen LogP contribution in [0.1, 0.15) is 0 Å². The Morgan fingerprint density at radius 1 is 0.250 bits per heavy atom. The standard InChI is InChI=1S/C20H18/c1-2-5-7-3(1)9-10-4(1)8-6(2)12-11(5)17-13(7)15(9)19-16(10)14(8)18(12)20(17)19/h1-18H. The monoisotopic (exact) mass is 258 g/mol. The van der Waals surface area contributed by atoms with Crippen LogP contribution in [-0.4, -0.2) is 0 Å². The summed E-state index contributed by atoms with van der Waals surface area (Å²) in [6.07, 6.45) is 0. The third-order valence-corrected chi connectivity index (χ3v) is 12.6. The smallest absolute Gasteiger partial charge is 0.0126 e. The average Bonchev–Trinajstić information content (AvgIpc) is 3.07. The van der Waals surface area contributed by atoms with Gasteiger partial charge in [0.2, 0.25) is 0 Å². The summed E-state index contributed by atoms with van der Waals surface area (Å²) in [4.78, 5) is 0. The molecule has 0 nitrogen and oxygen atoms in total. The van der Waals surface area contributed by atoms with E-state index in [4.69, 9.17) is 0 Å². The van der Waals surface area contributed by atoms with Gasteiger partial charge in [0.1, 0.15) is 0 Å². The lowest BCUT2D eigenvalue weighted by atomic mass is 9.76. The maximum absolute atomic E-state index is 2.23. The summed E-state index contributed by atoms with van der Waals surface area (Å²) in [7, 11) is 0. The van der Waals surface area contributed by atoms with Crippen LogP contribution in [0.4, 0.5) is 0 Å². The highest BCUT2D eigenvalue weighted by molar-refractivity contribution is 5.58. The van der Waals surface area contributed by atoms with Crippen LogP contribution in [0, 0.1) is 107 Å². The molecular formula is C20H18. The molecule has 0 saturated heterocycles. The molecule has 12 rings (SSSR count). The Morgan fingerprint density at radius 2 is 0.500 bits per heavy atom. The molecule has 12 unspecified atom stereocenters. The van der Waals surface area contributed by atoms with Crippen LogP contribution in [0.2, 0.25) is 0 Å². The van der Waals surface area contributed by atoms with E-state index in [1.165, 1.54) is 107 Å². The van der Waals surface area contributed by atoms with Gasteiger partial charge in [0.15, 0.2) is 0 Å². The van der Waals surface area contributed by atoms with Crippen molar-refractivity contribution in [1.82, 2.24) is 0 Å². The Hall–Kier alpha value is -0.260. The van der Waals surface area contributed by atoms with Crippen molar-refractivity contribution < 1.29 is 0 Å². The molecule has 0 spiro atoms. The Kier molecular flexibility index (Phi) is 0.648. The van der Waals surface area contributed by atoms with Gasteiger partial charge in [-0.05, 0) is 107 Å². The molecule has 10 fully saturated rings. The van der Waals surface area contributed by atoms with Gasteiger partial charge >= 0.3 is 0 Å². The van der Waals surface area contributed by atoms with Crippen molar-refractivity contribution in [3.05, 3.63) is 11.1 Å². The molecule has 0 amide bonds. The molecule has 20 heavy (non-hydrogen) atoms. The van der Waals surface area contributed by atoms with Crippen molar-refractivity contribution in [3.8, 4) is 0 Å². The summed E-state index contributed by atoms with van der Waals surface area (Å²) in [6, 6.07) is 0. The molecule has 0 aromatic rings. The molecule has 0 heteroatoms. The lowest BCUT2D eigenvalue weighted by Crippen LogP contribution is -2.24. The molecule has 98 valence electrons. The van der Waals surface area contributed by atoms with Crippen molar-refractivity contribution in [2.45, 2.75) is 0 Å². The van der Waals surface area contributed by atoms with Gasteiger partial charge in [0.05, 0.1) is 0 Å². The molecule has 0 N–H and O–H groups in total. The van der Waals surface area contributed by atoms with Gasteiger partial charge in [-0.3, -0.25) is 0 Å². The Balaban J connectivity index is 1.54. The molecule has 0 bridgehead atoms. The van der Waals surface area contributed by atoms with E-state index in [9.17, 15) is 0 Å². The van der Waals surface area contributed by atoms with Crippen molar-refractivity contribution in [3.63, 3.8) is 0 Å². The quantitative estimate of drug-likeness (QED) is 0.586. The van der Waals surface area contributed by atoms with Gasteiger partial charge in [0, 0.05) is 0 Å². The topological polar surface area (TPSA) is 0 Å². The minimum Gasteiger partial charge on any atom is -0.0630 e. The fraction of sp³-hybridized carbons (Fsp3) is 0.900. The summed E-state index contributed by atoms with van der Waals surface area (Å²) >= 11 is 0. The number of rotatable bonds is 0. The van der Waals surface area contributed by atoms with Gasteiger partial charge in [0.25, 0.3) is 0 Å². The molecule has 10 saturated carbocycles. The van der Waals surface area contributed by atoms with E-state index in [0.29, 0.717) is 0 Å². The summed E-state index contributed by atoms with van der Waals surface area (Å²) in [6.45, 7) is 0. The lowest BCUT2D eigenvalue weighted by Gasteiger charge is -2.27. The van der Waals surface area contributed by atoms with Crippen LogP contribution in [0.5, 0.6) is 0 Å². The number of allylic oxidation sites excluding steroid dienone is 2. The highest BCUT2D eigenvalue weighted by Gasteiger charge is 2.96. The highest BCUT2D eigenvalue weighted by atomic mass is 15.0. The first-order valence-corrected chi connectivity index (χ1v) is 9.74. The van der Waals surface area contributed by atoms with E-state index in [1.807, 2.05) is 0 Å². The summed E-state index contributed by atoms with van der Waals surface area (Å²) in [5.74, 6) is 22.9. The lowest BCUT2D eigenvalue weighted by molar-refractivity contribution is 0.198. The van der Waals surface area contributed by atoms with E-state index in [-0.39, 0.29) is 0 Å². The molecule has 0 aliphatic heterocycles. The Labute approximate surface area is 118 Å². The highest BCUT2D eigenvalue weighted by Crippen LogP contribution is 3.00. The Morgan fingerprint density at radius 3 is 0.850 bits per heavy atom. The van der Waals surface area contributed by atoms with Gasteiger partial charge in [-0.2, -0.15) is 0 Å². The second-order valence-electron chi connectivity index (χ2n) is 11.1. The second-order valence-corrected chi connectivity index (χ2v) is 11.1. The zero-order valence-electron chi connectivity index (χ0n) is 11.4. The van der Waals surface area contributed by atoms with Crippen LogP contribution in [0.25, 0.3) is 0 Å². The minimum atomic E-state index is 1.21. The third-order valence-electron chi connectivity index (χ3n) is 12.6. The van der Waals surface area contributed by atoms with E-state index in [1.54, 1.807) is 0 Å². The Bertz CT molecular complexity index is 655. The summed E-state index contributed by atoms with van der Waals surface area (Å²) < 4.78 is 0. The average molecular weight is 258 g/mol. The SMILES string of the molecule is C12=C3C4C5C1C1C6C2C2C3C3C4C4C5C1C1C6C2C3C41. The van der Waals surface area contributed by atoms with Gasteiger partial charge < -0.3 is 0 Å². The fourth-order valence-electron chi connectivity index (χ4n) is 14.4. The van der Waals surface area contributed by atoms with E-state index < -0.39 is 0 Å². The van der Waals surface area contributed by atoms with Crippen LogP contribution in [0.3, 0.4) is 0 Å². The summed E-state index contributed by atoms with van der Waals surface area (Å²) in [5, 5.41) is 0. The molecule has 12 atom stereocenters. The van der Waals surface area contributed by atoms with Gasteiger partial charge in [-0.15, -0.1) is 0 Å². The fourth-order valence-corrected chi connectivity index (χ4v) is 14.4. The minimum absolute atomic E-state index is 1.21. The maximum Gasteiger partial charge on any atom is -0.0126 e. The van der Waals surface area contributed by atoms with Crippen molar-refractivity contribution in [2.24, 2.45) is 107 Å². The molecule has 0 heterocycles.